The van der Waals surface area contributed by atoms with Gasteiger partial charge in [0.2, 0.25) is 0 Å². The third-order valence-corrected chi connectivity index (χ3v) is 2.92. The van der Waals surface area contributed by atoms with Crippen LogP contribution in [0.1, 0.15) is 38.2 Å². The summed E-state index contributed by atoms with van der Waals surface area (Å²) in [5, 5.41) is 2.53. The van der Waals surface area contributed by atoms with Crippen LogP contribution in [0, 0.1) is 11.8 Å². The minimum absolute atomic E-state index is 1.01. The van der Waals surface area contributed by atoms with Gasteiger partial charge in [-0.3, -0.25) is 0 Å². The minimum atomic E-state index is 1.01. The molecule has 0 amide bonds. The first-order chi connectivity index (χ1) is 8.42. The molecule has 0 nitrogen and oxygen atoms in total. The lowest BCUT2D eigenvalue weighted by atomic mass is 10.0. The first-order valence-electron chi connectivity index (χ1n) is 6.38. The molecule has 0 spiro atoms. The quantitative estimate of drug-likeness (QED) is 0.518. The zero-order valence-corrected chi connectivity index (χ0v) is 10.4. The fourth-order valence-corrected chi connectivity index (χ4v) is 1.96. The van der Waals surface area contributed by atoms with E-state index in [2.05, 4.69) is 61.2 Å². The van der Waals surface area contributed by atoms with Crippen molar-refractivity contribution in [1.29, 1.82) is 0 Å². The Labute approximate surface area is 104 Å². The lowest BCUT2D eigenvalue weighted by Gasteiger charge is -1.99. The Morgan fingerprint density at radius 1 is 0.941 bits per heavy atom. The molecule has 17 heavy (non-hydrogen) atoms. The Bertz CT molecular complexity index is 535. The summed E-state index contributed by atoms with van der Waals surface area (Å²) in [6.07, 6.45) is 4.77. The van der Waals surface area contributed by atoms with Gasteiger partial charge < -0.3 is 0 Å². The molecule has 2 aromatic carbocycles. The maximum absolute atomic E-state index is 3.30. The summed E-state index contributed by atoms with van der Waals surface area (Å²) in [6.45, 7) is 2.22. The van der Waals surface area contributed by atoms with E-state index in [1.54, 1.807) is 0 Å². The highest BCUT2D eigenvalue weighted by atomic mass is 14.0. The third kappa shape index (κ3) is 3.11. The number of rotatable bonds is 3. The van der Waals surface area contributed by atoms with Crippen LogP contribution in [0.4, 0.5) is 0 Å². The summed E-state index contributed by atoms with van der Waals surface area (Å²) in [5.74, 6) is 6.58. The topological polar surface area (TPSA) is 0 Å². The van der Waals surface area contributed by atoms with E-state index >= 15 is 0 Å². The average Bonchev–Trinajstić information content (AvgIpc) is 2.39. The molecule has 0 aliphatic heterocycles. The highest BCUT2D eigenvalue weighted by Gasteiger charge is 1.95. The van der Waals surface area contributed by atoms with Crippen molar-refractivity contribution in [2.75, 3.05) is 0 Å². The Kier molecular flexibility index (Phi) is 4.22. The fraction of sp³-hybridized carbons (Fsp3) is 0.294. The molecule has 2 aromatic rings. The lowest BCUT2D eigenvalue weighted by molar-refractivity contribution is 0.737. The number of benzene rings is 2. The van der Waals surface area contributed by atoms with E-state index in [0.29, 0.717) is 0 Å². The van der Waals surface area contributed by atoms with Crippen LogP contribution in [-0.4, -0.2) is 0 Å². The van der Waals surface area contributed by atoms with Gasteiger partial charge in [-0.25, -0.2) is 0 Å². The maximum Gasteiger partial charge on any atom is 0.0323 e. The molecule has 0 aliphatic rings. The number of unbranched alkanes of at least 4 members (excludes halogenated alkanes) is 3. The molecule has 0 radical (unpaired) electrons. The van der Waals surface area contributed by atoms with Crippen LogP contribution in [0.5, 0.6) is 0 Å². The van der Waals surface area contributed by atoms with Crippen molar-refractivity contribution in [3.8, 4) is 11.8 Å². The van der Waals surface area contributed by atoms with Gasteiger partial charge in [0.05, 0.1) is 0 Å². The number of hydrogen-bond acceptors (Lipinski definition) is 0. The highest BCUT2D eigenvalue weighted by Crippen LogP contribution is 2.17. The van der Waals surface area contributed by atoms with Gasteiger partial charge in [-0.15, -0.1) is 0 Å². The molecule has 0 heterocycles. The SMILES string of the molecule is CCCCCC#Cc1cccc2ccccc12. The monoisotopic (exact) mass is 222 g/mol. The van der Waals surface area contributed by atoms with E-state index in [9.17, 15) is 0 Å². The van der Waals surface area contributed by atoms with Crippen LogP contribution >= 0.6 is 0 Å². The number of fused-ring (bicyclic) bond motifs is 1. The molecule has 0 heteroatoms. The predicted molar refractivity (Wildman–Crippen MR) is 75.0 cm³/mol. The Hall–Kier alpha value is -1.74. The molecule has 0 aliphatic carbocycles. The summed E-state index contributed by atoms with van der Waals surface area (Å²) < 4.78 is 0. The van der Waals surface area contributed by atoms with E-state index in [0.717, 1.165) is 12.0 Å². The second-order valence-corrected chi connectivity index (χ2v) is 4.29. The maximum atomic E-state index is 3.30. The van der Waals surface area contributed by atoms with E-state index in [-0.39, 0.29) is 0 Å². The van der Waals surface area contributed by atoms with Crippen molar-refractivity contribution < 1.29 is 0 Å². The second-order valence-electron chi connectivity index (χ2n) is 4.29. The highest BCUT2D eigenvalue weighted by molar-refractivity contribution is 5.88. The van der Waals surface area contributed by atoms with Crippen molar-refractivity contribution in [2.45, 2.75) is 32.6 Å². The third-order valence-electron chi connectivity index (χ3n) is 2.92. The van der Waals surface area contributed by atoms with Crippen LogP contribution in [0.3, 0.4) is 0 Å². The van der Waals surface area contributed by atoms with Crippen molar-refractivity contribution in [2.24, 2.45) is 0 Å². The molecular weight excluding hydrogens is 204 g/mol. The van der Waals surface area contributed by atoms with Gasteiger partial charge in [-0.05, 0) is 23.3 Å². The zero-order valence-electron chi connectivity index (χ0n) is 10.4. The van der Waals surface area contributed by atoms with E-state index in [1.165, 1.54) is 30.0 Å². The van der Waals surface area contributed by atoms with E-state index < -0.39 is 0 Å². The van der Waals surface area contributed by atoms with Crippen molar-refractivity contribution in [3.63, 3.8) is 0 Å². The van der Waals surface area contributed by atoms with Crippen LogP contribution in [0.2, 0.25) is 0 Å². The second kappa shape index (κ2) is 6.11. The van der Waals surface area contributed by atoms with Gasteiger partial charge in [0.25, 0.3) is 0 Å². The largest absolute Gasteiger partial charge is 0.0979 e. The summed E-state index contributed by atoms with van der Waals surface area (Å²) in [5.41, 5.74) is 1.15. The smallest absolute Gasteiger partial charge is 0.0323 e. The van der Waals surface area contributed by atoms with Gasteiger partial charge in [0, 0.05) is 12.0 Å². The van der Waals surface area contributed by atoms with Crippen LogP contribution in [0.15, 0.2) is 42.5 Å². The van der Waals surface area contributed by atoms with Gasteiger partial charge in [0.1, 0.15) is 0 Å². The molecule has 0 unspecified atom stereocenters. The average molecular weight is 222 g/mol. The van der Waals surface area contributed by atoms with Gasteiger partial charge in [0.15, 0.2) is 0 Å². The van der Waals surface area contributed by atoms with E-state index in [1.807, 2.05) is 0 Å². The van der Waals surface area contributed by atoms with Gasteiger partial charge in [-0.1, -0.05) is 68.0 Å². The van der Waals surface area contributed by atoms with Crippen molar-refractivity contribution in [3.05, 3.63) is 48.0 Å². The molecule has 0 fully saturated rings. The van der Waals surface area contributed by atoms with Crippen molar-refractivity contribution in [1.82, 2.24) is 0 Å². The van der Waals surface area contributed by atoms with Gasteiger partial charge >= 0.3 is 0 Å². The van der Waals surface area contributed by atoms with Crippen LogP contribution in [0.25, 0.3) is 10.8 Å². The summed E-state index contributed by atoms with van der Waals surface area (Å²) >= 11 is 0. The van der Waals surface area contributed by atoms with Crippen LogP contribution in [-0.2, 0) is 0 Å². The van der Waals surface area contributed by atoms with Crippen molar-refractivity contribution >= 4 is 10.8 Å². The van der Waals surface area contributed by atoms with Gasteiger partial charge in [-0.2, -0.15) is 0 Å². The molecule has 0 saturated carbocycles. The van der Waals surface area contributed by atoms with E-state index in [4.69, 9.17) is 0 Å². The number of hydrogen-bond donors (Lipinski definition) is 0. The zero-order chi connectivity index (χ0) is 11.9. The van der Waals surface area contributed by atoms with Crippen LogP contribution < -0.4 is 0 Å². The molecule has 0 aromatic heterocycles. The lowest BCUT2D eigenvalue weighted by Crippen LogP contribution is -1.79. The molecule has 0 N–H and O–H groups in total. The minimum Gasteiger partial charge on any atom is -0.0979 e. The Morgan fingerprint density at radius 3 is 2.65 bits per heavy atom. The Balaban J connectivity index is 2.18. The summed E-state index contributed by atoms with van der Waals surface area (Å²) in [6, 6.07) is 14.7. The first kappa shape index (κ1) is 11.7. The predicted octanol–water partition coefficient (Wildman–Crippen LogP) is 4.77. The Morgan fingerprint density at radius 2 is 1.76 bits per heavy atom. The summed E-state index contributed by atoms with van der Waals surface area (Å²) in [7, 11) is 0. The first-order valence-corrected chi connectivity index (χ1v) is 6.38. The molecule has 0 bridgehead atoms. The molecule has 2 rings (SSSR count). The standard InChI is InChI=1S/C17H18/c1-2-3-4-5-6-10-15-12-9-13-16-11-7-8-14-17(15)16/h7-9,11-14H,2-5H2,1H3. The fourth-order valence-electron chi connectivity index (χ4n) is 1.96. The normalized spacial score (nSPS) is 9.94. The molecule has 0 atom stereocenters. The summed E-state index contributed by atoms with van der Waals surface area (Å²) in [4.78, 5) is 0. The molecular formula is C17H18. The molecule has 86 valence electrons. The molecule has 0 saturated heterocycles.